The van der Waals surface area contributed by atoms with Crippen LogP contribution in [0, 0.1) is 5.82 Å². The third kappa shape index (κ3) is 4.67. The number of hydrogen-bond donors (Lipinski definition) is 1. The Kier molecular flexibility index (Phi) is 6.28. The number of benzene rings is 2. The molecule has 1 heterocycles. The molecule has 1 fully saturated rings. The number of hydrogen-bond acceptors (Lipinski definition) is 5. The number of morpholine rings is 1. The van der Waals surface area contributed by atoms with Gasteiger partial charge in [0.05, 0.1) is 37.3 Å². The summed E-state index contributed by atoms with van der Waals surface area (Å²) in [7, 11) is -2.29. The quantitative estimate of drug-likeness (QED) is 0.791. The van der Waals surface area contributed by atoms with Crippen molar-refractivity contribution in [1.82, 2.24) is 4.31 Å². The van der Waals surface area contributed by atoms with Crippen LogP contribution in [0.25, 0.3) is 0 Å². The Bertz CT molecular complexity index is 959. The van der Waals surface area contributed by atoms with E-state index in [4.69, 9.17) is 9.47 Å². The minimum atomic E-state index is -3.71. The van der Waals surface area contributed by atoms with Gasteiger partial charge in [-0.2, -0.15) is 4.31 Å². The maximum atomic E-state index is 13.3. The monoisotopic (exact) mass is 408 g/mol. The van der Waals surface area contributed by atoms with Crippen LogP contribution in [-0.4, -0.2) is 52.0 Å². The zero-order valence-electron chi connectivity index (χ0n) is 15.4. The second kappa shape index (κ2) is 8.68. The van der Waals surface area contributed by atoms with E-state index in [0.717, 1.165) is 0 Å². The van der Waals surface area contributed by atoms with E-state index in [1.165, 1.54) is 47.8 Å². The summed E-state index contributed by atoms with van der Waals surface area (Å²) in [6, 6.07) is 10.0. The number of methoxy groups -OCH3 is 1. The summed E-state index contributed by atoms with van der Waals surface area (Å²) in [4.78, 5) is 12.4. The van der Waals surface area contributed by atoms with Gasteiger partial charge >= 0.3 is 0 Å². The Morgan fingerprint density at radius 2 is 1.96 bits per heavy atom. The molecule has 28 heavy (non-hydrogen) atoms. The Morgan fingerprint density at radius 3 is 2.64 bits per heavy atom. The summed E-state index contributed by atoms with van der Waals surface area (Å²) in [6.07, 6.45) is -0.0542. The van der Waals surface area contributed by atoms with Gasteiger partial charge in [-0.25, -0.2) is 12.8 Å². The van der Waals surface area contributed by atoms with Crippen LogP contribution in [0.5, 0.6) is 5.75 Å². The van der Waals surface area contributed by atoms with Gasteiger partial charge in [0.25, 0.3) is 0 Å². The second-order valence-corrected chi connectivity index (χ2v) is 8.17. The molecule has 1 N–H and O–H groups in total. The lowest BCUT2D eigenvalue weighted by Crippen LogP contribution is -2.40. The minimum absolute atomic E-state index is 0.0521. The summed E-state index contributed by atoms with van der Waals surface area (Å²) in [6.45, 7) is 1.23. The van der Waals surface area contributed by atoms with E-state index in [-0.39, 0.29) is 30.1 Å². The van der Waals surface area contributed by atoms with Gasteiger partial charge in [-0.15, -0.1) is 0 Å². The van der Waals surface area contributed by atoms with E-state index in [1.807, 2.05) is 0 Å². The lowest BCUT2D eigenvalue weighted by Gasteiger charge is -2.26. The fraction of sp³-hybridized carbons (Fsp3) is 0.316. The summed E-state index contributed by atoms with van der Waals surface area (Å²) >= 11 is 0. The second-order valence-electron chi connectivity index (χ2n) is 6.23. The van der Waals surface area contributed by atoms with Crippen LogP contribution in [0.15, 0.2) is 47.4 Å². The first-order chi connectivity index (χ1) is 13.4. The van der Waals surface area contributed by atoms with Crippen molar-refractivity contribution in [2.75, 3.05) is 38.7 Å². The molecule has 0 bridgehead atoms. The number of halogens is 1. The highest BCUT2D eigenvalue weighted by atomic mass is 32.2. The number of amides is 1. The summed E-state index contributed by atoms with van der Waals surface area (Å²) < 4.78 is 50.7. The molecule has 0 aromatic heterocycles. The predicted octanol–water partition coefficient (Wildman–Crippen LogP) is 2.04. The molecule has 9 heteroatoms. The number of carbonyl (C=O) groups is 1. The van der Waals surface area contributed by atoms with Crippen molar-refractivity contribution in [3.05, 3.63) is 53.8 Å². The fourth-order valence-electron chi connectivity index (χ4n) is 2.91. The van der Waals surface area contributed by atoms with Gasteiger partial charge in [-0.05, 0) is 35.9 Å². The molecule has 150 valence electrons. The summed E-state index contributed by atoms with van der Waals surface area (Å²) in [5.41, 5.74) is 0.742. The highest BCUT2D eigenvalue weighted by molar-refractivity contribution is 7.89. The van der Waals surface area contributed by atoms with Crippen LogP contribution in [-0.2, 0) is 26.0 Å². The maximum absolute atomic E-state index is 13.3. The van der Waals surface area contributed by atoms with E-state index < -0.39 is 21.7 Å². The van der Waals surface area contributed by atoms with Gasteiger partial charge in [-0.3, -0.25) is 4.79 Å². The van der Waals surface area contributed by atoms with Gasteiger partial charge < -0.3 is 14.8 Å². The molecule has 0 unspecified atom stereocenters. The molecule has 1 aliphatic heterocycles. The molecule has 1 amide bonds. The van der Waals surface area contributed by atoms with Crippen LogP contribution in [0.3, 0.4) is 0 Å². The topological polar surface area (TPSA) is 84.9 Å². The van der Waals surface area contributed by atoms with Crippen LogP contribution in [0.4, 0.5) is 10.1 Å². The Morgan fingerprint density at radius 1 is 1.21 bits per heavy atom. The number of rotatable bonds is 6. The molecule has 0 aliphatic carbocycles. The van der Waals surface area contributed by atoms with E-state index in [0.29, 0.717) is 24.5 Å². The van der Waals surface area contributed by atoms with Crippen LogP contribution in [0.2, 0.25) is 0 Å². The zero-order chi connectivity index (χ0) is 20.1. The average molecular weight is 408 g/mol. The average Bonchev–Trinajstić information content (AvgIpc) is 2.68. The summed E-state index contributed by atoms with van der Waals surface area (Å²) in [5, 5.41) is 2.65. The largest absolute Gasteiger partial charge is 0.495 e. The standard InChI is InChI=1S/C19H21FN2O5S/c1-26-18-6-5-16(28(24,25)22-7-9-27-10-8-22)13-17(18)21-19(23)12-14-3-2-4-15(20)11-14/h2-6,11,13H,7-10,12H2,1H3,(H,21,23). The Balaban J connectivity index is 1.81. The van der Waals surface area contributed by atoms with Gasteiger partial charge in [-0.1, -0.05) is 12.1 Å². The zero-order valence-corrected chi connectivity index (χ0v) is 16.2. The number of ether oxygens (including phenoxy) is 2. The fourth-order valence-corrected chi connectivity index (χ4v) is 4.34. The molecule has 0 saturated carbocycles. The van der Waals surface area contributed by atoms with Crippen LogP contribution < -0.4 is 10.1 Å². The third-order valence-corrected chi connectivity index (χ3v) is 6.20. The molecular weight excluding hydrogens is 387 g/mol. The van der Waals surface area contributed by atoms with Crippen LogP contribution >= 0.6 is 0 Å². The molecular formula is C19H21FN2O5S. The van der Waals surface area contributed by atoms with Crippen molar-refractivity contribution in [2.24, 2.45) is 0 Å². The van der Waals surface area contributed by atoms with Crippen molar-refractivity contribution in [3.8, 4) is 5.75 Å². The lowest BCUT2D eigenvalue weighted by molar-refractivity contribution is -0.115. The maximum Gasteiger partial charge on any atom is 0.243 e. The number of carbonyl (C=O) groups excluding carboxylic acids is 1. The molecule has 1 saturated heterocycles. The van der Waals surface area contributed by atoms with Crippen molar-refractivity contribution in [3.63, 3.8) is 0 Å². The highest BCUT2D eigenvalue weighted by Gasteiger charge is 2.27. The van der Waals surface area contributed by atoms with Crippen molar-refractivity contribution in [2.45, 2.75) is 11.3 Å². The number of nitrogens with zero attached hydrogens (tertiary/aromatic N) is 1. The molecule has 2 aromatic rings. The molecule has 0 atom stereocenters. The SMILES string of the molecule is COc1ccc(S(=O)(=O)N2CCOCC2)cc1NC(=O)Cc1cccc(F)c1. The van der Waals surface area contributed by atoms with E-state index in [9.17, 15) is 17.6 Å². The Hall–Kier alpha value is -2.49. The van der Waals surface area contributed by atoms with Gasteiger partial charge in [0.1, 0.15) is 11.6 Å². The number of anilines is 1. The minimum Gasteiger partial charge on any atom is -0.495 e. The van der Waals surface area contributed by atoms with E-state index in [2.05, 4.69) is 5.32 Å². The van der Waals surface area contributed by atoms with E-state index in [1.54, 1.807) is 6.07 Å². The van der Waals surface area contributed by atoms with Gasteiger partial charge in [0.2, 0.25) is 15.9 Å². The van der Waals surface area contributed by atoms with Crippen LogP contribution in [0.1, 0.15) is 5.56 Å². The molecule has 7 nitrogen and oxygen atoms in total. The molecule has 0 radical (unpaired) electrons. The van der Waals surface area contributed by atoms with Crippen molar-refractivity contribution >= 4 is 21.6 Å². The predicted molar refractivity (Wildman–Crippen MR) is 101 cm³/mol. The third-order valence-electron chi connectivity index (χ3n) is 4.31. The Labute approximate surface area is 163 Å². The molecule has 2 aromatic carbocycles. The number of sulfonamides is 1. The lowest BCUT2D eigenvalue weighted by atomic mass is 10.1. The highest BCUT2D eigenvalue weighted by Crippen LogP contribution is 2.29. The first-order valence-corrected chi connectivity index (χ1v) is 10.1. The summed E-state index contributed by atoms with van der Waals surface area (Å²) in [5.74, 6) is -0.514. The molecule has 3 rings (SSSR count). The van der Waals surface area contributed by atoms with Crippen molar-refractivity contribution < 1.29 is 27.1 Å². The van der Waals surface area contributed by atoms with Gasteiger partial charge in [0, 0.05) is 13.1 Å². The van der Waals surface area contributed by atoms with Crippen molar-refractivity contribution in [1.29, 1.82) is 0 Å². The molecule has 0 spiro atoms. The smallest absolute Gasteiger partial charge is 0.243 e. The first-order valence-electron chi connectivity index (χ1n) is 8.70. The van der Waals surface area contributed by atoms with E-state index >= 15 is 0 Å². The van der Waals surface area contributed by atoms with Gasteiger partial charge in [0.15, 0.2) is 0 Å². The number of nitrogens with one attached hydrogen (secondary N) is 1. The first kappa shape index (κ1) is 20.2. The molecule has 1 aliphatic rings. The normalized spacial score (nSPS) is 15.2.